The van der Waals surface area contributed by atoms with Crippen molar-refractivity contribution >= 4 is 27.3 Å². The summed E-state index contributed by atoms with van der Waals surface area (Å²) < 4.78 is 51.6. The molecule has 8 nitrogen and oxygen atoms in total. The monoisotopic (exact) mass is 463 g/mol. The van der Waals surface area contributed by atoms with Gasteiger partial charge in [0, 0.05) is 11.8 Å². The Bertz CT molecular complexity index is 1080. The third kappa shape index (κ3) is 5.56. The van der Waals surface area contributed by atoms with Gasteiger partial charge in [0.05, 0.1) is 24.8 Å². The van der Waals surface area contributed by atoms with Gasteiger partial charge < -0.3 is 9.47 Å². The number of hydrazone groups is 1. The highest BCUT2D eigenvalue weighted by Crippen LogP contribution is 2.32. The van der Waals surface area contributed by atoms with Gasteiger partial charge in [-0.25, -0.2) is 18.2 Å². The maximum absolute atomic E-state index is 13.4. The lowest BCUT2D eigenvalue weighted by molar-refractivity contribution is -0.119. The van der Waals surface area contributed by atoms with E-state index in [0.717, 1.165) is 54.3 Å². The zero-order valence-corrected chi connectivity index (χ0v) is 18.8. The van der Waals surface area contributed by atoms with Gasteiger partial charge in [-0.05, 0) is 62.1 Å². The van der Waals surface area contributed by atoms with E-state index in [2.05, 4.69) is 10.5 Å². The molecule has 1 fully saturated rings. The van der Waals surface area contributed by atoms with Gasteiger partial charge in [0.2, 0.25) is 0 Å². The largest absolute Gasteiger partial charge is 0.493 e. The van der Waals surface area contributed by atoms with E-state index in [1.807, 2.05) is 0 Å². The number of rotatable bonds is 8. The molecule has 2 aromatic rings. The number of benzene rings is 2. The van der Waals surface area contributed by atoms with Crippen LogP contribution in [0.25, 0.3) is 0 Å². The van der Waals surface area contributed by atoms with E-state index in [1.165, 1.54) is 44.6 Å². The third-order valence-corrected chi connectivity index (χ3v) is 6.88. The predicted molar refractivity (Wildman–Crippen MR) is 119 cm³/mol. The molecule has 10 heteroatoms. The fraction of sp³-hybridized carbons (Fsp3) is 0.364. The van der Waals surface area contributed by atoms with E-state index in [9.17, 15) is 17.6 Å². The molecule has 1 saturated carbocycles. The quantitative estimate of drug-likeness (QED) is 0.605. The van der Waals surface area contributed by atoms with Crippen LogP contribution in [-0.4, -0.2) is 40.8 Å². The number of nitrogens with zero attached hydrogens (tertiary/aromatic N) is 2. The molecule has 1 amide bonds. The molecule has 1 aliphatic carbocycles. The van der Waals surface area contributed by atoms with Crippen molar-refractivity contribution in [3.63, 3.8) is 0 Å². The van der Waals surface area contributed by atoms with Crippen molar-refractivity contribution in [3.05, 3.63) is 48.3 Å². The summed E-state index contributed by atoms with van der Waals surface area (Å²) in [7, 11) is -1.36. The fourth-order valence-corrected chi connectivity index (χ4v) is 4.84. The summed E-state index contributed by atoms with van der Waals surface area (Å²) in [4.78, 5) is 12.5. The Kier molecular flexibility index (Phi) is 7.68. The summed E-state index contributed by atoms with van der Waals surface area (Å²) in [5.74, 6) is -0.538. The molecule has 2 aromatic carbocycles. The summed E-state index contributed by atoms with van der Waals surface area (Å²) >= 11 is 0. The van der Waals surface area contributed by atoms with Crippen LogP contribution >= 0.6 is 0 Å². The van der Waals surface area contributed by atoms with Crippen LogP contribution in [0.5, 0.6) is 11.5 Å². The van der Waals surface area contributed by atoms with Gasteiger partial charge >= 0.3 is 0 Å². The third-order valence-electron chi connectivity index (χ3n) is 5.11. The van der Waals surface area contributed by atoms with Crippen molar-refractivity contribution in [2.75, 3.05) is 25.1 Å². The first-order chi connectivity index (χ1) is 15.3. The summed E-state index contributed by atoms with van der Waals surface area (Å²) in [6.45, 7) is -0.529. The fourth-order valence-electron chi connectivity index (χ4n) is 3.41. The van der Waals surface area contributed by atoms with Crippen LogP contribution in [0.1, 0.15) is 32.1 Å². The molecule has 0 radical (unpaired) electrons. The Morgan fingerprint density at radius 3 is 2.31 bits per heavy atom. The van der Waals surface area contributed by atoms with Gasteiger partial charge in [0.15, 0.2) is 11.5 Å². The Morgan fingerprint density at radius 1 is 1.03 bits per heavy atom. The number of anilines is 1. The Hall–Kier alpha value is -3.14. The number of methoxy groups -OCH3 is 2. The smallest absolute Gasteiger partial charge is 0.264 e. The van der Waals surface area contributed by atoms with Crippen molar-refractivity contribution in [3.8, 4) is 11.5 Å². The van der Waals surface area contributed by atoms with E-state index in [-0.39, 0.29) is 16.3 Å². The van der Waals surface area contributed by atoms with Crippen molar-refractivity contribution in [1.82, 2.24) is 5.43 Å². The van der Waals surface area contributed by atoms with Gasteiger partial charge in [-0.2, -0.15) is 5.10 Å². The normalized spacial score (nSPS) is 13.9. The molecule has 0 unspecified atom stereocenters. The Morgan fingerprint density at radius 2 is 1.69 bits per heavy atom. The lowest BCUT2D eigenvalue weighted by Gasteiger charge is -2.24. The van der Waals surface area contributed by atoms with Crippen molar-refractivity contribution in [1.29, 1.82) is 0 Å². The predicted octanol–water partition coefficient (Wildman–Crippen LogP) is 3.47. The highest BCUT2D eigenvalue weighted by atomic mass is 32.2. The van der Waals surface area contributed by atoms with Gasteiger partial charge in [0.25, 0.3) is 15.9 Å². The molecule has 3 rings (SSSR count). The standard InChI is InChI=1S/C22H26FN3O5S/c1-30-20-13-12-19(14-21(20)31-2)32(28,29)26(18-10-8-16(23)9-11-18)15-22(27)25-24-17-6-4-3-5-7-17/h8-14H,3-7,15H2,1-2H3,(H,25,27). The minimum absolute atomic E-state index is 0.106. The Balaban J connectivity index is 1.91. The van der Waals surface area contributed by atoms with Crippen LogP contribution in [0.3, 0.4) is 0 Å². The van der Waals surface area contributed by atoms with Crippen molar-refractivity contribution < 1.29 is 27.1 Å². The van der Waals surface area contributed by atoms with Gasteiger partial charge in [0.1, 0.15) is 12.4 Å². The number of ether oxygens (including phenoxy) is 2. The van der Waals surface area contributed by atoms with Crippen LogP contribution in [0.4, 0.5) is 10.1 Å². The molecule has 32 heavy (non-hydrogen) atoms. The maximum atomic E-state index is 13.4. The van der Waals surface area contributed by atoms with E-state index in [0.29, 0.717) is 5.75 Å². The molecule has 1 N–H and O–H groups in total. The van der Waals surface area contributed by atoms with E-state index < -0.39 is 28.3 Å². The van der Waals surface area contributed by atoms with E-state index in [4.69, 9.17) is 9.47 Å². The second-order valence-corrected chi connectivity index (χ2v) is 9.14. The number of halogens is 1. The molecule has 0 heterocycles. The Labute approximate surface area is 187 Å². The van der Waals surface area contributed by atoms with Crippen LogP contribution in [0.15, 0.2) is 52.5 Å². The number of amides is 1. The van der Waals surface area contributed by atoms with E-state index >= 15 is 0 Å². The number of sulfonamides is 1. The van der Waals surface area contributed by atoms with E-state index in [1.54, 1.807) is 0 Å². The number of carbonyl (C=O) groups is 1. The summed E-state index contributed by atoms with van der Waals surface area (Å²) in [6, 6.07) is 8.99. The first kappa shape index (κ1) is 23.5. The van der Waals surface area contributed by atoms with Crippen LogP contribution in [-0.2, 0) is 14.8 Å². The van der Waals surface area contributed by atoms with Crippen LogP contribution in [0.2, 0.25) is 0 Å². The zero-order valence-electron chi connectivity index (χ0n) is 18.0. The molecular formula is C22H26FN3O5S. The molecule has 0 aliphatic heterocycles. The first-order valence-corrected chi connectivity index (χ1v) is 11.6. The highest BCUT2D eigenvalue weighted by Gasteiger charge is 2.28. The minimum atomic E-state index is -4.20. The van der Waals surface area contributed by atoms with Crippen molar-refractivity contribution in [2.24, 2.45) is 5.10 Å². The SMILES string of the molecule is COc1ccc(S(=O)(=O)N(CC(=O)NN=C2CCCCC2)c2ccc(F)cc2)cc1OC. The molecule has 0 spiro atoms. The van der Waals surface area contributed by atoms with Gasteiger partial charge in [-0.1, -0.05) is 6.42 Å². The number of carbonyl (C=O) groups excluding carboxylic acids is 1. The summed E-state index contributed by atoms with van der Waals surface area (Å²) in [6.07, 6.45) is 4.79. The minimum Gasteiger partial charge on any atom is -0.493 e. The van der Waals surface area contributed by atoms with Crippen LogP contribution < -0.4 is 19.2 Å². The lowest BCUT2D eigenvalue weighted by Crippen LogP contribution is -2.39. The topological polar surface area (TPSA) is 97.3 Å². The summed E-state index contributed by atoms with van der Waals surface area (Å²) in [5, 5.41) is 4.15. The van der Waals surface area contributed by atoms with Gasteiger partial charge in [-0.3, -0.25) is 9.10 Å². The molecular weight excluding hydrogens is 437 g/mol. The summed E-state index contributed by atoms with van der Waals surface area (Å²) in [5.41, 5.74) is 3.48. The molecule has 0 aromatic heterocycles. The number of hydrogen-bond donors (Lipinski definition) is 1. The molecule has 0 saturated heterocycles. The first-order valence-electron chi connectivity index (χ1n) is 10.2. The van der Waals surface area contributed by atoms with Crippen molar-refractivity contribution in [2.45, 2.75) is 37.0 Å². The lowest BCUT2D eigenvalue weighted by atomic mass is 9.99. The maximum Gasteiger partial charge on any atom is 0.264 e. The average molecular weight is 464 g/mol. The zero-order chi connectivity index (χ0) is 23.1. The van der Waals surface area contributed by atoms with Crippen LogP contribution in [0, 0.1) is 5.82 Å². The molecule has 1 aliphatic rings. The number of hydrogen-bond acceptors (Lipinski definition) is 6. The molecule has 0 bridgehead atoms. The second kappa shape index (κ2) is 10.4. The average Bonchev–Trinajstić information content (AvgIpc) is 2.82. The molecule has 172 valence electrons. The number of nitrogens with one attached hydrogen (secondary N) is 1. The second-order valence-electron chi connectivity index (χ2n) is 7.28. The highest BCUT2D eigenvalue weighted by molar-refractivity contribution is 7.92. The van der Waals surface area contributed by atoms with Gasteiger partial charge in [-0.15, -0.1) is 0 Å². The molecule has 0 atom stereocenters.